The summed E-state index contributed by atoms with van der Waals surface area (Å²) in [6, 6.07) is 0.369. The van der Waals surface area contributed by atoms with Crippen LogP contribution in [0.4, 0.5) is 0 Å². The van der Waals surface area contributed by atoms with Crippen molar-refractivity contribution in [3.8, 4) is 0 Å². The van der Waals surface area contributed by atoms with Crippen molar-refractivity contribution in [1.82, 2.24) is 20.5 Å². The van der Waals surface area contributed by atoms with Crippen LogP contribution >= 0.6 is 11.8 Å². The Bertz CT molecular complexity index is 463. The van der Waals surface area contributed by atoms with Gasteiger partial charge in [-0.2, -0.15) is 0 Å². The van der Waals surface area contributed by atoms with Gasteiger partial charge in [-0.1, -0.05) is 18.7 Å². The van der Waals surface area contributed by atoms with Crippen molar-refractivity contribution in [3.05, 3.63) is 5.82 Å². The van der Waals surface area contributed by atoms with Gasteiger partial charge in [0.25, 0.3) is 0 Å². The average molecular weight is 294 g/mol. The van der Waals surface area contributed by atoms with Gasteiger partial charge in [0.1, 0.15) is 5.82 Å². The van der Waals surface area contributed by atoms with E-state index in [1.807, 2.05) is 0 Å². The molecule has 2 fully saturated rings. The van der Waals surface area contributed by atoms with Crippen molar-refractivity contribution in [2.24, 2.45) is 5.92 Å². The number of hydrogen-bond donors (Lipinski definition) is 2. The summed E-state index contributed by atoms with van der Waals surface area (Å²) in [5, 5.41) is 10.9. The van der Waals surface area contributed by atoms with Gasteiger partial charge in [-0.3, -0.25) is 9.89 Å². The molecule has 1 aromatic heterocycles. The van der Waals surface area contributed by atoms with Crippen molar-refractivity contribution in [2.45, 2.75) is 62.6 Å². The van der Waals surface area contributed by atoms with E-state index in [2.05, 4.69) is 27.4 Å². The Hall–Kier alpha value is -1.04. The molecule has 2 aliphatic rings. The summed E-state index contributed by atoms with van der Waals surface area (Å²) in [5.41, 5.74) is 0. The lowest BCUT2D eigenvalue weighted by Crippen LogP contribution is -2.38. The molecule has 2 saturated carbocycles. The number of carbonyl (C=O) groups is 1. The molecule has 0 atom stereocenters. The molecule has 0 aromatic carbocycles. The van der Waals surface area contributed by atoms with Gasteiger partial charge < -0.3 is 5.32 Å². The molecule has 5 nitrogen and oxygen atoms in total. The van der Waals surface area contributed by atoms with Crippen LogP contribution in [0.3, 0.4) is 0 Å². The van der Waals surface area contributed by atoms with Crippen LogP contribution in [0.1, 0.15) is 57.2 Å². The second-order valence-electron chi connectivity index (χ2n) is 6.09. The minimum Gasteiger partial charge on any atom is -0.353 e. The van der Waals surface area contributed by atoms with Crippen molar-refractivity contribution in [2.75, 3.05) is 5.75 Å². The van der Waals surface area contributed by atoms with Crippen LogP contribution < -0.4 is 5.32 Å². The second-order valence-corrected chi connectivity index (χ2v) is 7.03. The molecule has 2 N–H and O–H groups in total. The number of rotatable bonds is 5. The fourth-order valence-corrected chi connectivity index (χ4v) is 3.28. The summed E-state index contributed by atoms with van der Waals surface area (Å²) in [6.07, 6.45) is 7.10. The zero-order chi connectivity index (χ0) is 13.9. The zero-order valence-corrected chi connectivity index (χ0v) is 12.7. The van der Waals surface area contributed by atoms with E-state index >= 15 is 0 Å². The molecule has 0 aliphatic heterocycles. The highest BCUT2D eigenvalue weighted by Crippen LogP contribution is 2.38. The van der Waals surface area contributed by atoms with Crippen LogP contribution in [-0.4, -0.2) is 32.9 Å². The third kappa shape index (κ3) is 3.75. The number of thioether (sulfide) groups is 1. The molecule has 2 aliphatic carbocycles. The van der Waals surface area contributed by atoms with E-state index in [1.165, 1.54) is 37.4 Å². The zero-order valence-electron chi connectivity index (χ0n) is 11.9. The van der Waals surface area contributed by atoms with Gasteiger partial charge in [-0.05, 0) is 44.4 Å². The Balaban J connectivity index is 1.39. The van der Waals surface area contributed by atoms with E-state index in [1.54, 1.807) is 0 Å². The summed E-state index contributed by atoms with van der Waals surface area (Å²) in [7, 11) is 0. The number of carbonyl (C=O) groups excluding carboxylic acids is 1. The molecule has 3 rings (SSSR count). The number of nitrogens with zero attached hydrogens (tertiary/aromatic N) is 2. The van der Waals surface area contributed by atoms with E-state index in [0.717, 1.165) is 24.6 Å². The number of nitrogens with one attached hydrogen (secondary N) is 2. The molecule has 1 amide bonds. The minimum absolute atomic E-state index is 0.104. The highest BCUT2D eigenvalue weighted by atomic mass is 32.2. The molecule has 6 heteroatoms. The van der Waals surface area contributed by atoms with Crippen molar-refractivity contribution < 1.29 is 4.79 Å². The molecule has 1 aromatic rings. The summed E-state index contributed by atoms with van der Waals surface area (Å²) < 4.78 is 0. The maximum absolute atomic E-state index is 11.9. The van der Waals surface area contributed by atoms with E-state index in [-0.39, 0.29) is 5.91 Å². The van der Waals surface area contributed by atoms with Crippen molar-refractivity contribution >= 4 is 17.7 Å². The van der Waals surface area contributed by atoms with Crippen LogP contribution in [0.15, 0.2) is 5.16 Å². The van der Waals surface area contributed by atoms with Crippen molar-refractivity contribution in [3.63, 3.8) is 0 Å². The maximum atomic E-state index is 11.9. The molecular formula is C14H22N4OS. The maximum Gasteiger partial charge on any atom is 0.230 e. The van der Waals surface area contributed by atoms with Gasteiger partial charge in [0.15, 0.2) is 0 Å². The molecule has 0 spiro atoms. The number of amides is 1. The second kappa shape index (κ2) is 6.16. The van der Waals surface area contributed by atoms with E-state index in [9.17, 15) is 4.79 Å². The van der Waals surface area contributed by atoms with Crippen LogP contribution in [0.5, 0.6) is 0 Å². The van der Waals surface area contributed by atoms with Crippen LogP contribution in [0, 0.1) is 5.92 Å². The molecular weight excluding hydrogens is 272 g/mol. The fraction of sp³-hybridized carbons (Fsp3) is 0.786. The topological polar surface area (TPSA) is 70.7 Å². The van der Waals surface area contributed by atoms with Crippen LogP contribution in [0.2, 0.25) is 0 Å². The Morgan fingerprint density at radius 1 is 1.30 bits per heavy atom. The largest absolute Gasteiger partial charge is 0.353 e. The molecule has 0 unspecified atom stereocenters. The molecule has 110 valence electrons. The third-order valence-electron chi connectivity index (χ3n) is 4.16. The molecule has 1 heterocycles. The minimum atomic E-state index is 0.104. The van der Waals surface area contributed by atoms with Crippen LogP contribution in [0.25, 0.3) is 0 Å². The first-order valence-electron chi connectivity index (χ1n) is 7.55. The van der Waals surface area contributed by atoms with E-state index < -0.39 is 0 Å². The molecule has 0 radical (unpaired) electrons. The highest BCUT2D eigenvalue weighted by Gasteiger charge is 2.27. The van der Waals surface area contributed by atoms with Gasteiger partial charge in [0.05, 0.1) is 5.75 Å². The summed E-state index contributed by atoms with van der Waals surface area (Å²) in [5.74, 6) is 2.89. The first-order chi connectivity index (χ1) is 9.70. The number of aromatic amines is 1. The average Bonchev–Trinajstić information content (AvgIpc) is 3.18. The Kier molecular flexibility index (Phi) is 4.29. The number of H-pyrrole nitrogens is 1. The van der Waals surface area contributed by atoms with E-state index in [4.69, 9.17) is 0 Å². The third-order valence-corrected chi connectivity index (χ3v) is 5.01. The van der Waals surface area contributed by atoms with E-state index in [0.29, 0.717) is 22.9 Å². The van der Waals surface area contributed by atoms with Gasteiger partial charge in [-0.25, -0.2) is 4.98 Å². The fourth-order valence-electron chi connectivity index (χ4n) is 2.67. The monoisotopic (exact) mass is 294 g/mol. The number of hydrogen-bond acceptors (Lipinski definition) is 4. The summed E-state index contributed by atoms with van der Waals surface area (Å²) >= 11 is 1.42. The standard InChI is InChI=1S/C14H22N4OS/c1-9-2-6-11(7-3-9)15-12(19)8-20-14-16-13(17-18-14)10-4-5-10/h9-11H,2-8H2,1H3,(H,15,19)(H,16,17,18). The smallest absolute Gasteiger partial charge is 0.230 e. The summed E-state index contributed by atoms with van der Waals surface area (Å²) in [6.45, 7) is 2.29. The summed E-state index contributed by atoms with van der Waals surface area (Å²) in [4.78, 5) is 16.3. The first kappa shape index (κ1) is 13.9. The van der Waals surface area contributed by atoms with Gasteiger partial charge in [0, 0.05) is 12.0 Å². The Labute approximate surface area is 123 Å². The lowest BCUT2D eigenvalue weighted by atomic mass is 9.87. The number of aromatic nitrogens is 3. The molecule has 0 saturated heterocycles. The molecule has 0 bridgehead atoms. The van der Waals surface area contributed by atoms with Gasteiger partial charge in [-0.15, -0.1) is 5.10 Å². The highest BCUT2D eigenvalue weighted by molar-refractivity contribution is 7.99. The molecule has 20 heavy (non-hydrogen) atoms. The Morgan fingerprint density at radius 3 is 2.75 bits per heavy atom. The first-order valence-corrected chi connectivity index (χ1v) is 8.53. The van der Waals surface area contributed by atoms with Gasteiger partial charge in [0.2, 0.25) is 11.1 Å². The lowest BCUT2D eigenvalue weighted by molar-refractivity contribution is -0.119. The van der Waals surface area contributed by atoms with Gasteiger partial charge >= 0.3 is 0 Å². The normalized spacial score (nSPS) is 26.4. The lowest BCUT2D eigenvalue weighted by Gasteiger charge is -2.26. The Morgan fingerprint density at radius 2 is 2.05 bits per heavy atom. The SMILES string of the molecule is CC1CCC(NC(=O)CSc2n[nH]c(C3CC3)n2)CC1. The predicted molar refractivity (Wildman–Crippen MR) is 78.6 cm³/mol. The van der Waals surface area contributed by atoms with Crippen molar-refractivity contribution in [1.29, 1.82) is 0 Å². The predicted octanol–water partition coefficient (Wildman–Crippen LogP) is 2.47. The van der Waals surface area contributed by atoms with Crippen LogP contribution in [-0.2, 0) is 4.79 Å². The quantitative estimate of drug-likeness (QED) is 0.818.